The summed E-state index contributed by atoms with van der Waals surface area (Å²) in [4.78, 5) is 11.4. The molecule has 80 valence electrons. The molecule has 0 saturated carbocycles. The summed E-state index contributed by atoms with van der Waals surface area (Å²) in [5, 5.41) is 0. The summed E-state index contributed by atoms with van der Waals surface area (Å²) in [5.41, 5.74) is 0.750. The maximum absolute atomic E-state index is 11.4. The lowest BCUT2D eigenvalue weighted by Gasteiger charge is -2.25. The second kappa shape index (κ2) is 5.81. The molecule has 0 aromatic heterocycles. The Bertz CT molecular complexity index is 217. The van der Waals surface area contributed by atoms with Gasteiger partial charge in [0.15, 0.2) is 0 Å². The number of carbonyl (C=O) groups excluding carboxylic acids is 1. The van der Waals surface area contributed by atoms with E-state index in [2.05, 4.69) is 0 Å². The predicted octanol–water partition coefficient (Wildman–Crippen LogP) is 2.06. The number of allylic oxidation sites excluding steroid dienone is 1. The molecule has 1 fully saturated rings. The van der Waals surface area contributed by atoms with Gasteiger partial charge in [-0.2, -0.15) is 0 Å². The van der Waals surface area contributed by atoms with E-state index in [1.807, 2.05) is 19.9 Å². The normalized spacial score (nSPS) is 21.6. The summed E-state index contributed by atoms with van der Waals surface area (Å²) in [6.07, 6.45) is 4.78. The smallest absolute Gasteiger partial charge is 0.333 e. The SMILES string of the molecule is CC=C(CC)C(=O)OCCC1CCO1. The zero-order valence-electron chi connectivity index (χ0n) is 8.91. The Hall–Kier alpha value is -0.830. The molecule has 3 heteroatoms. The molecule has 1 unspecified atom stereocenters. The highest BCUT2D eigenvalue weighted by molar-refractivity contribution is 5.88. The van der Waals surface area contributed by atoms with Crippen LogP contribution >= 0.6 is 0 Å². The van der Waals surface area contributed by atoms with Crippen LogP contribution in [0.15, 0.2) is 11.6 Å². The molecule has 0 aliphatic carbocycles. The lowest BCUT2D eigenvalue weighted by atomic mass is 10.1. The van der Waals surface area contributed by atoms with Gasteiger partial charge >= 0.3 is 5.97 Å². The number of rotatable bonds is 5. The van der Waals surface area contributed by atoms with E-state index in [4.69, 9.17) is 9.47 Å². The van der Waals surface area contributed by atoms with Crippen LogP contribution in [0.1, 0.15) is 33.1 Å². The van der Waals surface area contributed by atoms with Crippen molar-refractivity contribution < 1.29 is 14.3 Å². The van der Waals surface area contributed by atoms with Gasteiger partial charge in [0.2, 0.25) is 0 Å². The Labute approximate surface area is 85.1 Å². The molecule has 0 bridgehead atoms. The lowest BCUT2D eigenvalue weighted by Crippen LogP contribution is -2.28. The van der Waals surface area contributed by atoms with Crippen molar-refractivity contribution in [3.63, 3.8) is 0 Å². The summed E-state index contributed by atoms with van der Waals surface area (Å²) < 4.78 is 10.3. The molecule has 0 radical (unpaired) electrons. The van der Waals surface area contributed by atoms with Crippen molar-refractivity contribution in [2.75, 3.05) is 13.2 Å². The Morgan fingerprint density at radius 2 is 2.36 bits per heavy atom. The highest BCUT2D eigenvalue weighted by atomic mass is 16.5. The van der Waals surface area contributed by atoms with E-state index in [1.54, 1.807) is 0 Å². The number of hydrogen-bond donors (Lipinski definition) is 0. The summed E-state index contributed by atoms with van der Waals surface area (Å²) >= 11 is 0. The van der Waals surface area contributed by atoms with E-state index in [0.717, 1.165) is 31.4 Å². The second-order valence-corrected chi connectivity index (χ2v) is 3.37. The Balaban J connectivity index is 2.13. The predicted molar refractivity (Wildman–Crippen MR) is 54.0 cm³/mol. The van der Waals surface area contributed by atoms with Gasteiger partial charge in [-0.25, -0.2) is 4.79 Å². The Morgan fingerprint density at radius 1 is 1.64 bits per heavy atom. The Kier molecular flexibility index (Phi) is 4.66. The average molecular weight is 198 g/mol. The molecule has 0 amide bonds. The van der Waals surface area contributed by atoms with Crippen molar-refractivity contribution in [1.29, 1.82) is 0 Å². The molecular weight excluding hydrogens is 180 g/mol. The van der Waals surface area contributed by atoms with E-state index in [9.17, 15) is 4.79 Å². The minimum absolute atomic E-state index is 0.186. The summed E-state index contributed by atoms with van der Waals surface area (Å²) in [6, 6.07) is 0. The molecule has 0 aromatic rings. The largest absolute Gasteiger partial charge is 0.462 e. The summed E-state index contributed by atoms with van der Waals surface area (Å²) in [5.74, 6) is -0.186. The fourth-order valence-corrected chi connectivity index (χ4v) is 1.35. The third-order valence-electron chi connectivity index (χ3n) is 2.46. The second-order valence-electron chi connectivity index (χ2n) is 3.37. The average Bonchev–Trinajstić information content (AvgIpc) is 2.11. The first-order chi connectivity index (χ1) is 6.77. The monoisotopic (exact) mass is 198 g/mol. The number of ether oxygens (including phenoxy) is 2. The van der Waals surface area contributed by atoms with Gasteiger partial charge < -0.3 is 9.47 Å². The first kappa shape index (κ1) is 11.2. The van der Waals surface area contributed by atoms with Gasteiger partial charge in [-0.15, -0.1) is 0 Å². The van der Waals surface area contributed by atoms with Crippen molar-refractivity contribution in [3.8, 4) is 0 Å². The number of esters is 1. The van der Waals surface area contributed by atoms with Crippen molar-refractivity contribution in [2.45, 2.75) is 39.2 Å². The number of hydrogen-bond acceptors (Lipinski definition) is 3. The molecule has 0 spiro atoms. The molecule has 0 N–H and O–H groups in total. The Morgan fingerprint density at radius 3 is 2.79 bits per heavy atom. The first-order valence-corrected chi connectivity index (χ1v) is 5.21. The van der Waals surface area contributed by atoms with Gasteiger partial charge in [0.05, 0.1) is 12.7 Å². The third-order valence-corrected chi connectivity index (χ3v) is 2.46. The van der Waals surface area contributed by atoms with E-state index in [-0.39, 0.29) is 5.97 Å². The minimum Gasteiger partial charge on any atom is -0.462 e. The fraction of sp³-hybridized carbons (Fsp3) is 0.727. The van der Waals surface area contributed by atoms with Gasteiger partial charge in [-0.05, 0) is 19.8 Å². The molecule has 3 nitrogen and oxygen atoms in total. The van der Waals surface area contributed by atoms with E-state index in [1.165, 1.54) is 0 Å². The fourth-order valence-electron chi connectivity index (χ4n) is 1.35. The molecule has 14 heavy (non-hydrogen) atoms. The van der Waals surface area contributed by atoms with Gasteiger partial charge in [0.1, 0.15) is 0 Å². The number of carbonyl (C=O) groups is 1. The van der Waals surface area contributed by atoms with Crippen molar-refractivity contribution >= 4 is 5.97 Å². The molecular formula is C11H18O3. The van der Waals surface area contributed by atoms with Crippen LogP contribution in [-0.2, 0) is 14.3 Å². The van der Waals surface area contributed by atoms with Crippen LogP contribution in [-0.4, -0.2) is 25.3 Å². The molecule has 1 aliphatic rings. The maximum Gasteiger partial charge on any atom is 0.333 e. The van der Waals surface area contributed by atoms with Crippen LogP contribution in [0.25, 0.3) is 0 Å². The van der Waals surface area contributed by atoms with Gasteiger partial charge in [0.25, 0.3) is 0 Å². The molecule has 1 aliphatic heterocycles. The van der Waals surface area contributed by atoms with Crippen LogP contribution < -0.4 is 0 Å². The zero-order chi connectivity index (χ0) is 10.4. The van der Waals surface area contributed by atoms with E-state index < -0.39 is 0 Å². The van der Waals surface area contributed by atoms with Crippen LogP contribution in [0, 0.1) is 0 Å². The van der Waals surface area contributed by atoms with E-state index in [0.29, 0.717) is 12.7 Å². The molecule has 1 heterocycles. The van der Waals surface area contributed by atoms with Crippen LogP contribution in [0.5, 0.6) is 0 Å². The van der Waals surface area contributed by atoms with Gasteiger partial charge in [-0.1, -0.05) is 13.0 Å². The van der Waals surface area contributed by atoms with Crippen LogP contribution in [0.4, 0.5) is 0 Å². The maximum atomic E-state index is 11.4. The van der Waals surface area contributed by atoms with Crippen LogP contribution in [0.3, 0.4) is 0 Å². The topological polar surface area (TPSA) is 35.5 Å². The zero-order valence-corrected chi connectivity index (χ0v) is 8.91. The van der Waals surface area contributed by atoms with E-state index >= 15 is 0 Å². The molecule has 1 atom stereocenters. The molecule has 0 aromatic carbocycles. The highest BCUT2D eigenvalue weighted by Crippen LogP contribution is 2.14. The van der Waals surface area contributed by atoms with Crippen LogP contribution in [0.2, 0.25) is 0 Å². The standard InChI is InChI=1S/C11H18O3/c1-3-9(4-2)11(12)14-8-6-10-5-7-13-10/h3,10H,4-8H2,1-2H3. The van der Waals surface area contributed by atoms with Gasteiger partial charge in [0, 0.05) is 18.6 Å². The molecule has 1 saturated heterocycles. The lowest BCUT2D eigenvalue weighted by molar-refractivity contribution is -0.141. The minimum atomic E-state index is -0.186. The van der Waals surface area contributed by atoms with Gasteiger partial charge in [-0.3, -0.25) is 0 Å². The van der Waals surface area contributed by atoms with Crippen molar-refractivity contribution in [3.05, 3.63) is 11.6 Å². The first-order valence-electron chi connectivity index (χ1n) is 5.21. The summed E-state index contributed by atoms with van der Waals surface area (Å²) in [7, 11) is 0. The highest BCUT2D eigenvalue weighted by Gasteiger charge is 2.18. The quantitative estimate of drug-likeness (QED) is 0.501. The third kappa shape index (κ3) is 3.14. The summed E-state index contributed by atoms with van der Waals surface area (Å²) in [6.45, 7) is 5.13. The van der Waals surface area contributed by atoms with Crippen molar-refractivity contribution in [1.82, 2.24) is 0 Å². The molecule has 1 rings (SSSR count). The van der Waals surface area contributed by atoms with Crippen molar-refractivity contribution in [2.24, 2.45) is 0 Å².